The SMILES string of the molecule is CC(C)C1CCN(c2ccc(N)cc2S(N)(=O)=O)C1. The Morgan fingerprint density at radius 2 is 2.05 bits per heavy atom. The normalized spacial score (nSPS) is 20.2. The molecule has 0 amide bonds. The summed E-state index contributed by atoms with van der Waals surface area (Å²) >= 11 is 0. The second-order valence-electron chi connectivity index (χ2n) is 5.51. The summed E-state index contributed by atoms with van der Waals surface area (Å²) < 4.78 is 23.3. The third-order valence-corrected chi connectivity index (χ3v) is 4.74. The maximum absolute atomic E-state index is 11.7. The summed E-state index contributed by atoms with van der Waals surface area (Å²) in [6.07, 6.45) is 1.08. The number of primary sulfonamides is 1. The first-order chi connectivity index (χ1) is 8.79. The van der Waals surface area contributed by atoms with Crippen LogP contribution in [0.4, 0.5) is 11.4 Å². The molecule has 2 rings (SSSR count). The summed E-state index contributed by atoms with van der Waals surface area (Å²) in [7, 11) is -3.75. The number of rotatable bonds is 3. The average molecular weight is 283 g/mol. The maximum Gasteiger partial charge on any atom is 0.240 e. The lowest BCUT2D eigenvalue weighted by Gasteiger charge is -2.22. The Balaban J connectivity index is 2.36. The molecule has 0 radical (unpaired) electrons. The summed E-state index contributed by atoms with van der Waals surface area (Å²) in [5.41, 5.74) is 6.74. The van der Waals surface area contributed by atoms with Crippen LogP contribution in [0, 0.1) is 11.8 Å². The third-order valence-electron chi connectivity index (χ3n) is 3.80. The van der Waals surface area contributed by atoms with Crippen LogP contribution in [-0.4, -0.2) is 21.5 Å². The molecule has 1 atom stereocenters. The molecule has 1 aromatic carbocycles. The fourth-order valence-electron chi connectivity index (χ4n) is 2.57. The molecule has 6 heteroatoms. The Morgan fingerprint density at radius 1 is 1.37 bits per heavy atom. The summed E-state index contributed by atoms with van der Waals surface area (Å²) in [6.45, 7) is 6.11. The molecular weight excluding hydrogens is 262 g/mol. The number of benzene rings is 1. The fraction of sp³-hybridized carbons (Fsp3) is 0.538. The van der Waals surface area contributed by atoms with Gasteiger partial charge in [0.15, 0.2) is 0 Å². The van der Waals surface area contributed by atoms with Gasteiger partial charge >= 0.3 is 0 Å². The minimum absolute atomic E-state index is 0.122. The van der Waals surface area contributed by atoms with Crippen LogP contribution >= 0.6 is 0 Å². The van der Waals surface area contributed by atoms with Gasteiger partial charge in [-0.1, -0.05) is 13.8 Å². The second-order valence-corrected chi connectivity index (χ2v) is 7.04. The van der Waals surface area contributed by atoms with Crippen molar-refractivity contribution in [1.29, 1.82) is 0 Å². The molecule has 0 aromatic heterocycles. The molecule has 1 saturated heterocycles. The number of nitrogen functional groups attached to an aromatic ring is 1. The van der Waals surface area contributed by atoms with Crippen LogP contribution < -0.4 is 15.8 Å². The van der Waals surface area contributed by atoms with E-state index in [0.717, 1.165) is 19.5 Å². The van der Waals surface area contributed by atoms with Crippen molar-refractivity contribution >= 4 is 21.4 Å². The minimum Gasteiger partial charge on any atom is -0.399 e. The quantitative estimate of drug-likeness (QED) is 0.820. The number of hydrogen-bond donors (Lipinski definition) is 2. The van der Waals surface area contributed by atoms with E-state index in [0.29, 0.717) is 23.2 Å². The van der Waals surface area contributed by atoms with Gasteiger partial charge in [0.05, 0.1) is 5.69 Å². The van der Waals surface area contributed by atoms with Crippen molar-refractivity contribution in [3.8, 4) is 0 Å². The minimum atomic E-state index is -3.75. The van der Waals surface area contributed by atoms with Gasteiger partial charge in [-0.3, -0.25) is 0 Å². The van der Waals surface area contributed by atoms with Crippen LogP contribution in [0.15, 0.2) is 23.1 Å². The van der Waals surface area contributed by atoms with Gasteiger partial charge in [-0.15, -0.1) is 0 Å². The molecule has 1 aliphatic rings. The van der Waals surface area contributed by atoms with Crippen LogP contribution in [0.5, 0.6) is 0 Å². The highest BCUT2D eigenvalue weighted by Crippen LogP contribution is 2.33. The Kier molecular flexibility index (Phi) is 3.73. The Morgan fingerprint density at radius 3 is 2.58 bits per heavy atom. The Labute approximate surface area is 114 Å². The van der Waals surface area contributed by atoms with Gasteiger partial charge in [0.2, 0.25) is 10.0 Å². The van der Waals surface area contributed by atoms with Gasteiger partial charge in [0, 0.05) is 18.8 Å². The average Bonchev–Trinajstić information content (AvgIpc) is 2.77. The van der Waals surface area contributed by atoms with Gasteiger partial charge < -0.3 is 10.6 Å². The highest BCUT2D eigenvalue weighted by Gasteiger charge is 2.28. The smallest absolute Gasteiger partial charge is 0.240 e. The van der Waals surface area contributed by atoms with E-state index in [-0.39, 0.29) is 4.90 Å². The van der Waals surface area contributed by atoms with E-state index in [1.54, 1.807) is 12.1 Å². The van der Waals surface area contributed by atoms with E-state index in [1.165, 1.54) is 6.07 Å². The molecule has 5 nitrogen and oxygen atoms in total. The van der Waals surface area contributed by atoms with Gasteiger partial charge in [-0.2, -0.15) is 0 Å². The molecule has 0 saturated carbocycles. The van der Waals surface area contributed by atoms with E-state index in [2.05, 4.69) is 18.7 Å². The fourth-order valence-corrected chi connectivity index (χ4v) is 3.36. The Bertz CT molecular complexity index is 569. The van der Waals surface area contributed by atoms with E-state index in [9.17, 15) is 8.42 Å². The molecule has 106 valence electrons. The van der Waals surface area contributed by atoms with Crippen molar-refractivity contribution in [1.82, 2.24) is 0 Å². The van der Waals surface area contributed by atoms with E-state index in [4.69, 9.17) is 10.9 Å². The lowest BCUT2D eigenvalue weighted by atomic mass is 9.95. The lowest BCUT2D eigenvalue weighted by molar-refractivity contribution is 0.422. The maximum atomic E-state index is 11.7. The predicted molar refractivity (Wildman–Crippen MR) is 77.4 cm³/mol. The zero-order chi connectivity index (χ0) is 14.2. The van der Waals surface area contributed by atoms with Gasteiger partial charge in [-0.25, -0.2) is 13.6 Å². The number of nitrogens with two attached hydrogens (primary N) is 2. The molecule has 1 fully saturated rings. The van der Waals surface area contributed by atoms with Crippen molar-refractivity contribution in [2.45, 2.75) is 25.2 Å². The van der Waals surface area contributed by atoms with E-state index < -0.39 is 10.0 Å². The highest BCUT2D eigenvalue weighted by atomic mass is 32.2. The number of anilines is 2. The van der Waals surface area contributed by atoms with E-state index in [1.807, 2.05) is 0 Å². The first kappa shape index (κ1) is 14.1. The largest absolute Gasteiger partial charge is 0.399 e. The summed E-state index contributed by atoms with van der Waals surface area (Å²) in [4.78, 5) is 2.21. The van der Waals surface area contributed by atoms with Crippen molar-refractivity contribution in [3.05, 3.63) is 18.2 Å². The molecule has 0 aliphatic carbocycles. The van der Waals surface area contributed by atoms with Crippen LogP contribution in [0.3, 0.4) is 0 Å². The van der Waals surface area contributed by atoms with E-state index >= 15 is 0 Å². The van der Waals surface area contributed by atoms with Crippen LogP contribution in [0.25, 0.3) is 0 Å². The van der Waals surface area contributed by atoms with Crippen LogP contribution in [0.2, 0.25) is 0 Å². The standard InChI is InChI=1S/C13H21N3O2S/c1-9(2)10-5-6-16(8-10)12-4-3-11(14)7-13(12)19(15,17)18/h3-4,7,9-10H,5-6,8,14H2,1-2H3,(H2,15,17,18). The molecule has 1 aliphatic heterocycles. The number of hydrogen-bond acceptors (Lipinski definition) is 4. The van der Waals surface area contributed by atoms with Crippen molar-refractivity contribution in [2.24, 2.45) is 17.0 Å². The van der Waals surface area contributed by atoms with Crippen LogP contribution in [-0.2, 0) is 10.0 Å². The lowest BCUT2D eigenvalue weighted by Crippen LogP contribution is -2.25. The molecule has 0 bridgehead atoms. The summed E-state index contributed by atoms with van der Waals surface area (Å²) in [6, 6.07) is 4.90. The summed E-state index contributed by atoms with van der Waals surface area (Å²) in [5.74, 6) is 1.18. The molecule has 1 unspecified atom stereocenters. The molecule has 1 heterocycles. The molecule has 4 N–H and O–H groups in total. The van der Waals surface area contributed by atoms with Gasteiger partial charge in [0.25, 0.3) is 0 Å². The molecule has 0 spiro atoms. The first-order valence-electron chi connectivity index (χ1n) is 6.46. The third kappa shape index (κ3) is 3.01. The van der Waals surface area contributed by atoms with Gasteiger partial charge in [-0.05, 0) is 36.5 Å². The zero-order valence-electron chi connectivity index (χ0n) is 11.3. The van der Waals surface area contributed by atoms with Crippen molar-refractivity contribution in [2.75, 3.05) is 23.7 Å². The number of sulfonamides is 1. The molecule has 19 heavy (non-hydrogen) atoms. The monoisotopic (exact) mass is 283 g/mol. The van der Waals surface area contributed by atoms with Crippen molar-refractivity contribution in [3.63, 3.8) is 0 Å². The Hall–Kier alpha value is -1.27. The van der Waals surface area contributed by atoms with Crippen LogP contribution in [0.1, 0.15) is 20.3 Å². The highest BCUT2D eigenvalue weighted by molar-refractivity contribution is 7.89. The first-order valence-corrected chi connectivity index (χ1v) is 8.01. The van der Waals surface area contributed by atoms with Gasteiger partial charge in [0.1, 0.15) is 4.90 Å². The predicted octanol–water partition coefficient (Wildman–Crippen LogP) is 1.40. The molecular formula is C13H21N3O2S. The molecule has 1 aromatic rings. The zero-order valence-corrected chi connectivity index (χ0v) is 12.2. The van der Waals surface area contributed by atoms with Crippen molar-refractivity contribution < 1.29 is 8.42 Å². The number of nitrogens with zero attached hydrogens (tertiary/aromatic N) is 1. The topological polar surface area (TPSA) is 89.4 Å². The summed E-state index contributed by atoms with van der Waals surface area (Å²) in [5, 5.41) is 5.28. The second kappa shape index (κ2) is 5.02.